The second-order valence-corrected chi connectivity index (χ2v) is 3.70. The predicted octanol–water partition coefficient (Wildman–Crippen LogP) is 2.66. The SMILES string of the molecule is CC(C)c1ccnc(-c2ccncc2)n1. The maximum Gasteiger partial charge on any atom is 0.159 e. The van der Waals surface area contributed by atoms with Gasteiger partial charge in [-0.15, -0.1) is 0 Å². The lowest BCUT2D eigenvalue weighted by molar-refractivity contribution is 0.816. The van der Waals surface area contributed by atoms with E-state index in [2.05, 4.69) is 28.8 Å². The first-order chi connectivity index (χ1) is 7.27. The van der Waals surface area contributed by atoms with Crippen molar-refractivity contribution >= 4 is 0 Å². The summed E-state index contributed by atoms with van der Waals surface area (Å²) in [6, 6.07) is 5.79. The van der Waals surface area contributed by atoms with Crippen molar-refractivity contribution in [3.63, 3.8) is 0 Å². The lowest BCUT2D eigenvalue weighted by Crippen LogP contribution is -1.96. The molecule has 0 radical (unpaired) electrons. The second kappa shape index (κ2) is 4.17. The van der Waals surface area contributed by atoms with Crippen LogP contribution in [0.2, 0.25) is 0 Å². The molecule has 0 atom stereocenters. The molecule has 0 fully saturated rings. The maximum atomic E-state index is 4.50. The largest absolute Gasteiger partial charge is 0.265 e. The highest BCUT2D eigenvalue weighted by Crippen LogP contribution is 2.16. The van der Waals surface area contributed by atoms with Gasteiger partial charge in [0.25, 0.3) is 0 Å². The van der Waals surface area contributed by atoms with E-state index in [1.165, 1.54) is 0 Å². The van der Waals surface area contributed by atoms with Gasteiger partial charge in [0.05, 0.1) is 0 Å². The summed E-state index contributed by atoms with van der Waals surface area (Å²) < 4.78 is 0. The van der Waals surface area contributed by atoms with Crippen molar-refractivity contribution in [1.82, 2.24) is 15.0 Å². The Balaban J connectivity index is 2.42. The minimum atomic E-state index is 0.425. The Labute approximate surface area is 89.2 Å². The van der Waals surface area contributed by atoms with Gasteiger partial charge in [-0.3, -0.25) is 4.98 Å². The third kappa shape index (κ3) is 2.18. The molecule has 2 aromatic rings. The highest BCUT2D eigenvalue weighted by atomic mass is 14.9. The third-order valence-electron chi connectivity index (χ3n) is 2.21. The third-order valence-corrected chi connectivity index (χ3v) is 2.21. The number of hydrogen-bond acceptors (Lipinski definition) is 3. The van der Waals surface area contributed by atoms with E-state index in [4.69, 9.17) is 0 Å². The fourth-order valence-electron chi connectivity index (χ4n) is 1.33. The molecule has 2 aromatic heterocycles. The van der Waals surface area contributed by atoms with Gasteiger partial charge in [0, 0.05) is 29.8 Å². The maximum absolute atomic E-state index is 4.50. The van der Waals surface area contributed by atoms with Gasteiger partial charge < -0.3 is 0 Å². The zero-order chi connectivity index (χ0) is 10.7. The summed E-state index contributed by atoms with van der Waals surface area (Å²) in [5.41, 5.74) is 2.07. The van der Waals surface area contributed by atoms with Crippen LogP contribution >= 0.6 is 0 Å². The van der Waals surface area contributed by atoms with Gasteiger partial charge in [-0.25, -0.2) is 9.97 Å². The van der Waals surface area contributed by atoms with Crippen molar-refractivity contribution in [1.29, 1.82) is 0 Å². The van der Waals surface area contributed by atoms with E-state index < -0.39 is 0 Å². The molecule has 0 aliphatic carbocycles. The fourth-order valence-corrected chi connectivity index (χ4v) is 1.33. The van der Waals surface area contributed by atoms with E-state index in [1.807, 2.05) is 18.2 Å². The van der Waals surface area contributed by atoms with Gasteiger partial charge in [-0.05, 0) is 24.1 Å². The first-order valence-electron chi connectivity index (χ1n) is 5.00. The van der Waals surface area contributed by atoms with Crippen LogP contribution < -0.4 is 0 Å². The first kappa shape index (κ1) is 9.77. The summed E-state index contributed by atoms with van der Waals surface area (Å²) in [6.45, 7) is 4.25. The Morgan fingerprint density at radius 2 is 1.73 bits per heavy atom. The molecule has 0 bridgehead atoms. The van der Waals surface area contributed by atoms with Crippen molar-refractivity contribution < 1.29 is 0 Å². The Morgan fingerprint density at radius 1 is 1.00 bits per heavy atom. The molecule has 2 rings (SSSR count). The van der Waals surface area contributed by atoms with E-state index in [1.54, 1.807) is 18.6 Å². The first-order valence-corrected chi connectivity index (χ1v) is 5.00. The summed E-state index contributed by atoms with van der Waals surface area (Å²) in [4.78, 5) is 12.7. The number of pyridine rings is 1. The minimum Gasteiger partial charge on any atom is -0.265 e. The highest BCUT2D eigenvalue weighted by molar-refractivity contribution is 5.53. The lowest BCUT2D eigenvalue weighted by atomic mass is 10.1. The molecule has 3 heteroatoms. The van der Waals surface area contributed by atoms with Crippen LogP contribution in [0.5, 0.6) is 0 Å². The zero-order valence-electron chi connectivity index (χ0n) is 8.88. The molecular formula is C12H13N3. The van der Waals surface area contributed by atoms with Crippen LogP contribution in [-0.2, 0) is 0 Å². The van der Waals surface area contributed by atoms with Crippen molar-refractivity contribution in [2.45, 2.75) is 19.8 Å². The van der Waals surface area contributed by atoms with Gasteiger partial charge in [0.2, 0.25) is 0 Å². The number of rotatable bonds is 2. The summed E-state index contributed by atoms with van der Waals surface area (Å²) in [6.07, 6.45) is 5.31. The van der Waals surface area contributed by atoms with Crippen LogP contribution in [0.3, 0.4) is 0 Å². The normalized spacial score (nSPS) is 10.6. The van der Waals surface area contributed by atoms with Crippen molar-refractivity contribution in [2.24, 2.45) is 0 Å². The Morgan fingerprint density at radius 3 is 2.40 bits per heavy atom. The molecule has 0 spiro atoms. The van der Waals surface area contributed by atoms with Gasteiger partial charge in [0.1, 0.15) is 0 Å². The number of nitrogens with zero attached hydrogens (tertiary/aromatic N) is 3. The molecule has 0 aliphatic heterocycles. The van der Waals surface area contributed by atoms with Crippen LogP contribution in [0.1, 0.15) is 25.5 Å². The van der Waals surface area contributed by atoms with Crippen LogP contribution in [0, 0.1) is 0 Å². The highest BCUT2D eigenvalue weighted by Gasteiger charge is 2.04. The van der Waals surface area contributed by atoms with Crippen molar-refractivity contribution in [3.8, 4) is 11.4 Å². The summed E-state index contributed by atoms with van der Waals surface area (Å²) in [5, 5.41) is 0. The van der Waals surface area contributed by atoms with E-state index in [-0.39, 0.29) is 0 Å². The average molecular weight is 199 g/mol. The average Bonchev–Trinajstić information content (AvgIpc) is 2.30. The lowest BCUT2D eigenvalue weighted by Gasteiger charge is -2.05. The molecule has 0 N–H and O–H groups in total. The van der Waals surface area contributed by atoms with E-state index in [0.717, 1.165) is 17.1 Å². The predicted molar refractivity (Wildman–Crippen MR) is 59.4 cm³/mol. The summed E-state index contributed by atoms with van der Waals surface area (Å²) >= 11 is 0. The van der Waals surface area contributed by atoms with Gasteiger partial charge >= 0.3 is 0 Å². The quantitative estimate of drug-likeness (QED) is 0.746. The molecule has 3 nitrogen and oxygen atoms in total. The molecule has 0 unspecified atom stereocenters. The number of hydrogen-bond donors (Lipinski definition) is 0. The molecular weight excluding hydrogens is 186 g/mol. The van der Waals surface area contributed by atoms with E-state index in [9.17, 15) is 0 Å². The molecule has 0 saturated carbocycles. The van der Waals surface area contributed by atoms with Crippen LogP contribution in [-0.4, -0.2) is 15.0 Å². The molecule has 0 aromatic carbocycles. The molecule has 0 amide bonds. The van der Waals surface area contributed by atoms with Crippen molar-refractivity contribution in [3.05, 3.63) is 42.5 Å². The van der Waals surface area contributed by atoms with E-state index in [0.29, 0.717) is 5.92 Å². The van der Waals surface area contributed by atoms with Gasteiger partial charge in [0.15, 0.2) is 5.82 Å². The molecule has 15 heavy (non-hydrogen) atoms. The van der Waals surface area contributed by atoms with Crippen LogP contribution in [0.4, 0.5) is 0 Å². The Bertz CT molecular complexity index is 438. The topological polar surface area (TPSA) is 38.7 Å². The van der Waals surface area contributed by atoms with Crippen molar-refractivity contribution in [2.75, 3.05) is 0 Å². The van der Waals surface area contributed by atoms with Crippen LogP contribution in [0.15, 0.2) is 36.8 Å². The smallest absolute Gasteiger partial charge is 0.159 e. The Hall–Kier alpha value is -1.77. The number of aromatic nitrogens is 3. The molecule has 0 saturated heterocycles. The van der Waals surface area contributed by atoms with E-state index >= 15 is 0 Å². The van der Waals surface area contributed by atoms with Crippen LogP contribution in [0.25, 0.3) is 11.4 Å². The minimum absolute atomic E-state index is 0.425. The summed E-state index contributed by atoms with van der Waals surface area (Å²) in [5.74, 6) is 1.19. The van der Waals surface area contributed by atoms with Gasteiger partial charge in [-0.2, -0.15) is 0 Å². The monoisotopic (exact) mass is 199 g/mol. The molecule has 76 valence electrons. The Kier molecular flexibility index (Phi) is 2.72. The standard InChI is InChI=1S/C12H13N3/c1-9(2)11-5-8-14-12(15-11)10-3-6-13-7-4-10/h3-9H,1-2H3. The zero-order valence-corrected chi connectivity index (χ0v) is 8.88. The molecule has 0 aliphatic rings. The fraction of sp³-hybridized carbons (Fsp3) is 0.250. The molecule has 2 heterocycles. The summed E-state index contributed by atoms with van der Waals surface area (Å²) in [7, 11) is 0. The second-order valence-electron chi connectivity index (χ2n) is 3.70. The van der Waals surface area contributed by atoms with Gasteiger partial charge in [-0.1, -0.05) is 13.8 Å².